The smallest absolute Gasteiger partial charge is 0.321 e. The Bertz CT molecular complexity index is 414. The van der Waals surface area contributed by atoms with Crippen molar-refractivity contribution in [1.82, 2.24) is 4.98 Å². The molecule has 1 aromatic rings. The van der Waals surface area contributed by atoms with E-state index >= 15 is 0 Å². The second kappa shape index (κ2) is 7.37. The lowest BCUT2D eigenvalue weighted by molar-refractivity contribution is -0.141. The Morgan fingerprint density at radius 2 is 2.33 bits per heavy atom. The molecule has 0 aliphatic heterocycles. The number of esters is 1. The van der Waals surface area contributed by atoms with Crippen LogP contribution in [0, 0.1) is 5.92 Å². The summed E-state index contributed by atoms with van der Waals surface area (Å²) in [5.41, 5.74) is 0.430. The van der Waals surface area contributed by atoms with Gasteiger partial charge >= 0.3 is 5.97 Å². The van der Waals surface area contributed by atoms with Gasteiger partial charge in [0.2, 0.25) is 0 Å². The van der Waals surface area contributed by atoms with Crippen molar-refractivity contribution in [2.45, 2.75) is 26.2 Å². The molecule has 1 atom stereocenters. The van der Waals surface area contributed by atoms with E-state index in [4.69, 9.17) is 4.74 Å². The Labute approximate surface area is 107 Å². The largest absolute Gasteiger partial charge is 0.435 e. The first-order valence-corrected chi connectivity index (χ1v) is 5.96. The van der Waals surface area contributed by atoms with Gasteiger partial charge in [-0.15, -0.1) is 0 Å². The minimum Gasteiger partial charge on any atom is -0.435 e. The van der Waals surface area contributed by atoms with Gasteiger partial charge in [0, 0.05) is 18.0 Å². The zero-order valence-electron chi connectivity index (χ0n) is 10.5. The maximum absolute atomic E-state index is 12.2. The van der Waals surface area contributed by atoms with E-state index in [1.165, 1.54) is 6.20 Å². The van der Waals surface area contributed by atoms with Crippen molar-refractivity contribution in [3.63, 3.8) is 0 Å². The molecule has 0 spiro atoms. The van der Waals surface area contributed by atoms with Crippen LogP contribution >= 0.6 is 0 Å². The first-order chi connectivity index (χ1) is 8.70. The second-order valence-electron chi connectivity index (χ2n) is 3.90. The van der Waals surface area contributed by atoms with Crippen molar-refractivity contribution in [3.8, 4) is 0 Å². The fourth-order valence-electron chi connectivity index (χ4n) is 1.64. The molecule has 0 amide bonds. The lowest BCUT2D eigenvalue weighted by atomic mass is 9.93. The van der Waals surface area contributed by atoms with E-state index in [0.29, 0.717) is 12.0 Å². The van der Waals surface area contributed by atoms with Crippen molar-refractivity contribution in [2.24, 2.45) is 5.92 Å². The van der Waals surface area contributed by atoms with Crippen LogP contribution in [0.15, 0.2) is 37.4 Å². The highest BCUT2D eigenvalue weighted by atomic mass is 16.5. The molecule has 4 heteroatoms. The number of ether oxygens (including phenoxy) is 1. The van der Waals surface area contributed by atoms with Crippen LogP contribution in [0.3, 0.4) is 0 Å². The molecule has 4 nitrogen and oxygen atoms in total. The lowest BCUT2D eigenvalue weighted by Crippen LogP contribution is -2.25. The molecule has 18 heavy (non-hydrogen) atoms. The number of carbonyl (C=O) groups excluding carboxylic acids is 2. The van der Waals surface area contributed by atoms with Gasteiger partial charge in [0.1, 0.15) is 5.92 Å². The van der Waals surface area contributed by atoms with Gasteiger partial charge in [-0.25, -0.2) is 0 Å². The molecule has 0 N–H and O–H groups in total. The molecule has 0 aliphatic rings. The third-order valence-corrected chi connectivity index (χ3v) is 2.59. The summed E-state index contributed by atoms with van der Waals surface area (Å²) in [7, 11) is 0. The Kier molecular flexibility index (Phi) is 5.77. The number of carbonyl (C=O) groups is 2. The molecule has 1 heterocycles. The van der Waals surface area contributed by atoms with E-state index in [9.17, 15) is 9.59 Å². The first-order valence-electron chi connectivity index (χ1n) is 5.96. The number of unbranched alkanes of at least 4 members (excludes halogenated alkanes) is 1. The van der Waals surface area contributed by atoms with Gasteiger partial charge in [0.15, 0.2) is 5.78 Å². The molecule has 0 fully saturated rings. The maximum atomic E-state index is 12.2. The average molecular weight is 247 g/mol. The molecule has 0 aromatic carbocycles. The molecule has 0 saturated carbocycles. The summed E-state index contributed by atoms with van der Waals surface area (Å²) < 4.78 is 4.73. The first kappa shape index (κ1) is 14.1. The molecule has 1 rings (SSSR count). The quantitative estimate of drug-likeness (QED) is 0.322. The van der Waals surface area contributed by atoms with Crippen LogP contribution < -0.4 is 0 Å². The van der Waals surface area contributed by atoms with E-state index in [1.807, 2.05) is 6.92 Å². The van der Waals surface area contributed by atoms with Gasteiger partial charge < -0.3 is 4.74 Å². The van der Waals surface area contributed by atoms with E-state index in [-0.39, 0.29) is 5.78 Å². The number of ketones is 1. The molecule has 0 saturated heterocycles. The van der Waals surface area contributed by atoms with E-state index < -0.39 is 11.9 Å². The monoisotopic (exact) mass is 247 g/mol. The number of pyridine rings is 1. The maximum Gasteiger partial charge on any atom is 0.321 e. The Balaban J connectivity index is 2.85. The van der Waals surface area contributed by atoms with Crippen LogP contribution in [0.25, 0.3) is 0 Å². The second-order valence-corrected chi connectivity index (χ2v) is 3.90. The van der Waals surface area contributed by atoms with Crippen LogP contribution in [0.2, 0.25) is 0 Å². The minimum absolute atomic E-state index is 0.247. The Morgan fingerprint density at radius 3 is 2.89 bits per heavy atom. The third-order valence-electron chi connectivity index (χ3n) is 2.59. The minimum atomic E-state index is -0.771. The molecule has 0 radical (unpaired) electrons. The lowest BCUT2D eigenvalue weighted by Gasteiger charge is -2.12. The van der Waals surface area contributed by atoms with Crippen molar-refractivity contribution >= 4 is 11.8 Å². The van der Waals surface area contributed by atoms with Gasteiger partial charge in [-0.05, 0) is 18.6 Å². The summed E-state index contributed by atoms with van der Waals surface area (Å²) in [6.07, 6.45) is 6.29. The van der Waals surface area contributed by atoms with Crippen molar-refractivity contribution in [1.29, 1.82) is 0 Å². The van der Waals surface area contributed by atoms with Crippen LogP contribution in [0.1, 0.15) is 36.5 Å². The molecule has 0 aliphatic carbocycles. The van der Waals surface area contributed by atoms with Gasteiger partial charge in [0.05, 0.1) is 6.26 Å². The number of nitrogens with zero attached hydrogens (tertiary/aromatic N) is 1. The number of aromatic nitrogens is 1. The number of rotatable bonds is 7. The SMILES string of the molecule is C=COC(=O)C(CCCC)C(=O)c1cccnc1. The summed E-state index contributed by atoms with van der Waals surface area (Å²) in [6, 6.07) is 3.32. The van der Waals surface area contributed by atoms with Crippen molar-refractivity contribution in [2.75, 3.05) is 0 Å². The van der Waals surface area contributed by atoms with Gasteiger partial charge in [-0.3, -0.25) is 14.6 Å². The third kappa shape index (κ3) is 3.80. The molecule has 0 bridgehead atoms. The summed E-state index contributed by atoms with van der Waals surface area (Å²) in [5.74, 6) is -1.57. The summed E-state index contributed by atoms with van der Waals surface area (Å²) in [5, 5.41) is 0. The highest BCUT2D eigenvalue weighted by Gasteiger charge is 2.28. The predicted octanol–water partition coefficient (Wildman–Crippen LogP) is 2.76. The van der Waals surface area contributed by atoms with Gasteiger partial charge in [-0.1, -0.05) is 26.3 Å². The van der Waals surface area contributed by atoms with Crippen LogP contribution in [0.4, 0.5) is 0 Å². The van der Waals surface area contributed by atoms with E-state index in [1.54, 1.807) is 18.3 Å². The Hall–Kier alpha value is -1.97. The van der Waals surface area contributed by atoms with Crippen LogP contribution in [-0.2, 0) is 9.53 Å². The summed E-state index contributed by atoms with van der Waals surface area (Å²) in [4.78, 5) is 27.8. The van der Waals surface area contributed by atoms with Crippen molar-refractivity contribution < 1.29 is 14.3 Å². The summed E-state index contributed by atoms with van der Waals surface area (Å²) >= 11 is 0. The molecule has 96 valence electrons. The number of hydrogen-bond donors (Lipinski definition) is 0. The summed E-state index contributed by atoms with van der Waals surface area (Å²) in [6.45, 7) is 5.33. The van der Waals surface area contributed by atoms with Gasteiger partial charge in [0.25, 0.3) is 0 Å². The molecule has 1 unspecified atom stereocenters. The normalized spacial score (nSPS) is 11.6. The number of Topliss-reactive ketones (excluding diaryl/α,β-unsaturated/α-hetero) is 1. The predicted molar refractivity (Wildman–Crippen MR) is 67.9 cm³/mol. The van der Waals surface area contributed by atoms with Gasteiger partial charge in [-0.2, -0.15) is 0 Å². The van der Waals surface area contributed by atoms with E-state index in [2.05, 4.69) is 11.6 Å². The molecular weight excluding hydrogens is 230 g/mol. The van der Waals surface area contributed by atoms with Crippen LogP contribution in [-0.4, -0.2) is 16.7 Å². The van der Waals surface area contributed by atoms with Crippen LogP contribution in [0.5, 0.6) is 0 Å². The average Bonchev–Trinajstić information content (AvgIpc) is 2.40. The topological polar surface area (TPSA) is 56.3 Å². The van der Waals surface area contributed by atoms with E-state index in [0.717, 1.165) is 19.1 Å². The fraction of sp³-hybridized carbons (Fsp3) is 0.357. The zero-order valence-corrected chi connectivity index (χ0v) is 10.5. The number of hydrogen-bond acceptors (Lipinski definition) is 4. The molecular formula is C14H17NO3. The standard InChI is InChI=1S/C14H17NO3/c1-3-5-8-12(14(17)18-4-2)13(16)11-7-6-9-15-10-11/h4,6-7,9-10,12H,2-3,5,8H2,1H3. The highest BCUT2D eigenvalue weighted by molar-refractivity contribution is 6.08. The fourth-order valence-corrected chi connectivity index (χ4v) is 1.64. The zero-order chi connectivity index (χ0) is 13.4. The van der Waals surface area contributed by atoms with Crippen molar-refractivity contribution in [3.05, 3.63) is 42.9 Å². The Morgan fingerprint density at radius 1 is 1.56 bits per heavy atom. The molecule has 1 aromatic heterocycles. The highest BCUT2D eigenvalue weighted by Crippen LogP contribution is 2.17.